The Morgan fingerprint density at radius 2 is 0.495 bits per heavy atom. The molecule has 0 aliphatic carbocycles. The van der Waals surface area contributed by atoms with Crippen LogP contribution in [0.15, 0.2) is 0 Å². The van der Waals surface area contributed by atoms with Crippen LogP contribution in [0.3, 0.4) is 0 Å². The number of aliphatic hydroxyl groups excluding tert-OH is 1. The summed E-state index contributed by atoms with van der Waals surface area (Å²) in [5.74, 6) is -0.481. The summed E-state index contributed by atoms with van der Waals surface area (Å²) in [6.07, 6.45) is 66.6. The molecule has 0 spiro atoms. The summed E-state index contributed by atoms with van der Waals surface area (Å²) >= 11 is 0. The first kappa shape index (κ1) is 101. The summed E-state index contributed by atoms with van der Waals surface area (Å²) in [6, 6.07) is 0. The molecule has 0 bridgehead atoms. The molecule has 103 heavy (non-hydrogen) atoms. The molecule has 0 aromatic carbocycles. The van der Waals surface area contributed by atoms with Crippen molar-refractivity contribution >= 4 is 39.5 Å². The normalized spacial score (nSPS) is 14.1. The number of hydrogen-bond donors (Lipinski definition) is 3. The van der Waals surface area contributed by atoms with Crippen LogP contribution in [0.25, 0.3) is 0 Å². The molecule has 0 aromatic rings. The molecule has 0 amide bonds. The van der Waals surface area contributed by atoms with Crippen LogP contribution in [0.5, 0.6) is 0 Å². The number of hydrogen-bond acceptors (Lipinski definition) is 15. The van der Waals surface area contributed by atoms with Gasteiger partial charge in [0.25, 0.3) is 0 Å². The van der Waals surface area contributed by atoms with Gasteiger partial charge in [-0.2, -0.15) is 0 Å². The number of carbonyl (C=O) groups is 4. The fourth-order valence-electron chi connectivity index (χ4n) is 13.0. The Balaban J connectivity index is 5.22. The average Bonchev–Trinajstić information content (AvgIpc) is 0.952. The third-order valence-electron chi connectivity index (χ3n) is 20.1. The highest BCUT2D eigenvalue weighted by Crippen LogP contribution is 2.45. The van der Waals surface area contributed by atoms with Crippen molar-refractivity contribution in [2.24, 2.45) is 11.8 Å². The number of phosphoric ester groups is 2. The first-order valence-electron chi connectivity index (χ1n) is 43.5. The molecule has 0 rings (SSSR count). The summed E-state index contributed by atoms with van der Waals surface area (Å²) < 4.78 is 68.8. The highest BCUT2D eigenvalue weighted by molar-refractivity contribution is 7.47. The Kier molecular flexibility index (Phi) is 74.1. The van der Waals surface area contributed by atoms with Crippen LogP contribution in [0.4, 0.5) is 0 Å². The Bertz CT molecular complexity index is 1980. The quantitative estimate of drug-likeness (QED) is 0.0222. The Morgan fingerprint density at radius 3 is 0.738 bits per heavy atom. The fraction of sp³-hybridized carbons (Fsp3) is 0.952. The van der Waals surface area contributed by atoms with Crippen LogP contribution < -0.4 is 0 Å². The number of unbranched alkanes of at least 4 members (excludes halogenated alkanes) is 52. The smallest absolute Gasteiger partial charge is 0.462 e. The van der Waals surface area contributed by atoms with Crippen LogP contribution >= 0.6 is 15.6 Å². The van der Waals surface area contributed by atoms with Gasteiger partial charge in [-0.3, -0.25) is 37.3 Å². The second-order valence-electron chi connectivity index (χ2n) is 30.9. The van der Waals surface area contributed by atoms with Gasteiger partial charge in [0, 0.05) is 25.7 Å². The number of aliphatic hydroxyl groups is 1. The van der Waals surface area contributed by atoms with Gasteiger partial charge < -0.3 is 33.8 Å². The van der Waals surface area contributed by atoms with Gasteiger partial charge in [0.15, 0.2) is 12.2 Å². The molecule has 0 aliphatic heterocycles. The molecular weight excluding hydrogens is 1340 g/mol. The predicted molar refractivity (Wildman–Crippen MR) is 423 cm³/mol. The minimum Gasteiger partial charge on any atom is -0.462 e. The van der Waals surface area contributed by atoms with Gasteiger partial charge in [-0.25, -0.2) is 9.13 Å². The van der Waals surface area contributed by atoms with Crippen LogP contribution in [0.2, 0.25) is 0 Å². The van der Waals surface area contributed by atoms with Crippen molar-refractivity contribution in [3.63, 3.8) is 0 Å². The zero-order valence-electron chi connectivity index (χ0n) is 67.6. The molecule has 3 N–H and O–H groups in total. The Hall–Kier alpha value is -1.94. The topological polar surface area (TPSA) is 237 Å². The zero-order chi connectivity index (χ0) is 75.6. The molecule has 3 unspecified atom stereocenters. The van der Waals surface area contributed by atoms with E-state index < -0.39 is 97.5 Å². The summed E-state index contributed by atoms with van der Waals surface area (Å²) in [4.78, 5) is 73.1. The predicted octanol–water partition coefficient (Wildman–Crippen LogP) is 25.5. The molecule has 0 aromatic heterocycles. The van der Waals surface area contributed by atoms with Gasteiger partial charge in [0.2, 0.25) is 0 Å². The second kappa shape index (κ2) is 75.5. The lowest BCUT2D eigenvalue weighted by atomic mass is 9.99. The largest absolute Gasteiger partial charge is 0.472 e. The van der Waals surface area contributed by atoms with Gasteiger partial charge in [-0.1, -0.05) is 395 Å². The van der Waals surface area contributed by atoms with Crippen molar-refractivity contribution in [3.8, 4) is 0 Å². The third kappa shape index (κ3) is 76.6. The number of rotatable bonds is 83. The van der Waals surface area contributed by atoms with E-state index in [-0.39, 0.29) is 25.7 Å². The Morgan fingerprint density at radius 1 is 0.282 bits per heavy atom. The standard InChI is InChI=1S/C84H164O17P2/c1-7-10-12-14-16-18-20-21-22-25-29-32-36-43-49-55-61-67-82(87)95-73-79(100-83(88)68-62-56-50-44-37-33-30-27-24-23-26-28-31-35-41-47-53-59-65-77(6)9-3)74-98-102(90,91)96-70-78(85)71-97-103(92,93)99-75-80(72-94-81(86)66-60-54-48-42-34-19-17-15-13-11-8-2)101-84(89)69-63-57-51-45-39-38-40-46-52-58-64-76(4)5/h76-80,85H,7-75H2,1-6H3,(H,90,91)(H,92,93)/t77?,78-,79-,80-/m1/s1. The van der Waals surface area contributed by atoms with Crippen molar-refractivity contribution in [1.82, 2.24) is 0 Å². The highest BCUT2D eigenvalue weighted by Gasteiger charge is 2.30. The van der Waals surface area contributed by atoms with E-state index in [1.807, 2.05) is 0 Å². The molecule has 0 aliphatic rings. The lowest BCUT2D eigenvalue weighted by molar-refractivity contribution is -0.161. The average molecular weight is 1510 g/mol. The van der Waals surface area contributed by atoms with Gasteiger partial charge in [0.05, 0.1) is 26.4 Å². The number of ether oxygens (including phenoxy) is 4. The molecule has 0 heterocycles. The molecule has 17 nitrogen and oxygen atoms in total. The maximum absolute atomic E-state index is 13.1. The first-order valence-corrected chi connectivity index (χ1v) is 46.5. The van der Waals surface area contributed by atoms with Crippen LogP contribution in [-0.2, 0) is 65.4 Å². The molecule has 0 saturated heterocycles. The van der Waals surface area contributed by atoms with Crippen molar-refractivity contribution in [1.29, 1.82) is 0 Å². The van der Waals surface area contributed by atoms with Crippen LogP contribution in [0.1, 0.15) is 446 Å². The maximum Gasteiger partial charge on any atom is 0.472 e. The van der Waals surface area contributed by atoms with Gasteiger partial charge in [-0.05, 0) is 37.5 Å². The van der Waals surface area contributed by atoms with Gasteiger partial charge in [-0.15, -0.1) is 0 Å². The van der Waals surface area contributed by atoms with Crippen molar-refractivity contribution in [2.45, 2.75) is 464 Å². The lowest BCUT2D eigenvalue weighted by Crippen LogP contribution is -2.30. The second-order valence-corrected chi connectivity index (χ2v) is 33.8. The molecule has 6 atom stereocenters. The third-order valence-corrected chi connectivity index (χ3v) is 22.0. The number of phosphoric acid groups is 2. The minimum atomic E-state index is -4.96. The van der Waals surface area contributed by atoms with E-state index in [2.05, 4.69) is 41.5 Å². The van der Waals surface area contributed by atoms with E-state index in [1.165, 1.54) is 263 Å². The van der Waals surface area contributed by atoms with Crippen molar-refractivity contribution in [3.05, 3.63) is 0 Å². The summed E-state index contributed by atoms with van der Waals surface area (Å²) in [5.41, 5.74) is 0. The molecule has 612 valence electrons. The van der Waals surface area contributed by atoms with Crippen LogP contribution in [0, 0.1) is 11.8 Å². The summed E-state index contributed by atoms with van der Waals surface area (Å²) in [7, 11) is -9.92. The number of carbonyl (C=O) groups excluding carboxylic acids is 4. The van der Waals surface area contributed by atoms with E-state index in [4.69, 9.17) is 37.0 Å². The van der Waals surface area contributed by atoms with E-state index in [0.717, 1.165) is 102 Å². The van der Waals surface area contributed by atoms with E-state index in [0.29, 0.717) is 25.7 Å². The monoisotopic (exact) mass is 1510 g/mol. The zero-order valence-corrected chi connectivity index (χ0v) is 69.4. The molecule has 0 saturated carbocycles. The van der Waals surface area contributed by atoms with Gasteiger partial charge in [0.1, 0.15) is 19.3 Å². The SMILES string of the molecule is CCCCCCCCCCCCCCCCCCCC(=O)OC[C@H](COP(=O)(O)OC[C@@H](O)COP(=O)(O)OC[C@@H](COC(=O)CCCCCCCCCCCCC)OC(=O)CCCCCCCCCCCCC(C)C)OC(=O)CCCCCCCCCCCCCCCCCCCCC(C)CC. The molecule has 19 heteroatoms. The van der Waals surface area contributed by atoms with E-state index >= 15 is 0 Å². The fourth-order valence-corrected chi connectivity index (χ4v) is 14.6. The summed E-state index contributed by atoms with van der Waals surface area (Å²) in [5, 5.41) is 10.7. The highest BCUT2D eigenvalue weighted by atomic mass is 31.2. The van der Waals surface area contributed by atoms with E-state index in [9.17, 15) is 43.2 Å². The minimum absolute atomic E-state index is 0.106. The van der Waals surface area contributed by atoms with Crippen molar-refractivity contribution in [2.75, 3.05) is 39.6 Å². The molecule has 0 fully saturated rings. The van der Waals surface area contributed by atoms with Gasteiger partial charge >= 0.3 is 39.5 Å². The maximum atomic E-state index is 13.1. The molecular formula is C84H164O17P2. The Labute approximate surface area is 632 Å². The number of esters is 4. The van der Waals surface area contributed by atoms with Crippen molar-refractivity contribution < 1.29 is 80.2 Å². The van der Waals surface area contributed by atoms with E-state index in [1.54, 1.807) is 0 Å². The summed E-state index contributed by atoms with van der Waals surface area (Å²) in [6.45, 7) is 9.71. The molecule has 0 radical (unpaired) electrons. The first-order chi connectivity index (χ1) is 49.9. The lowest BCUT2D eigenvalue weighted by Gasteiger charge is -2.21. The van der Waals surface area contributed by atoms with Crippen LogP contribution in [-0.4, -0.2) is 96.7 Å².